The lowest BCUT2D eigenvalue weighted by molar-refractivity contribution is -0.121. The quantitative estimate of drug-likeness (QED) is 0.409. The highest BCUT2D eigenvalue weighted by Crippen LogP contribution is 2.33. The van der Waals surface area contributed by atoms with E-state index in [1.165, 1.54) is 24.2 Å². The van der Waals surface area contributed by atoms with E-state index in [1.807, 2.05) is 6.07 Å². The zero-order valence-corrected chi connectivity index (χ0v) is 16.3. The van der Waals surface area contributed by atoms with Crippen molar-refractivity contribution in [2.24, 2.45) is 0 Å². The Kier molecular flexibility index (Phi) is 6.50. The number of ether oxygens (including phenoxy) is 2. The second kappa shape index (κ2) is 9.24. The lowest BCUT2D eigenvalue weighted by atomic mass is 10.1. The van der Waals surface area contributed by atoms with Gasteiger partial charge in [0.05, 0.1) is 36.3 Å². The van der Waals surface area contributed by atoms with Gasteiger partial charge in [0.15, 0.2) is 18.9 Å². The van der Waals surface area contributed by atoms with E-state index in [2.05, 4.69) is 4.72 Å². The molecule has 0 aliphatic carbocycles. The number of nitrogens with one attached hydrogen (secondary N) is 2. The number of esters is 1. The van der Waals surface area contributed by atoms with Gasteiger partial charge in [0.25, 0.3) is 5.91 Å². The molecule has 0 atom stereocenters. The Balaban J connectivity index is 1.88. The van der Waals surface area contributed by atoms with Crippen molar-refractivity contribution >= 4 is 41.3 Å². The van der Waals surface area contributed by atoms with Crippen LogP contribution < -0.4 is 14.4 Å². The predicted octanol–water partition coefficient (Wildman–Crippen LogP) is 3.38. The third-order valence-corrected chi connectivity index (χ3v) is 4.50. The van der Waals surface area contributed by atoms with Gasteiger partial charge in [0, 0.05) is 0 Å². The molecular formula is C20H18FN3O4S. The van der Waals surface area contributed by atoms with Gasteiger partial charge in [-0.05, 0) is 29.8 Å². The highest BCUT2D eigenvalue weighted by Gasteiger charge is 2.27. The van der Waals surface area contributed by atoms with Crippen LogP contribution in [-0.2, 0) is 9.53 Å². The van der Waals surface area contributed by atoms with E-state index in [1.54, 1.807) is 36.4 Å². The van der Waals surface area contributed by atoms with Gasteiger partial charge >= 0.3 is 5.97 Å². The zero-order valence-electron chi connectivity index (χ0n) is 15.5. The normalized spacial score (nSPS) is 13.4. The fourth-order valence-electron chi connectivity index (χ4n) is 2.84. The van der Waals surface area contributed by atoms with Crippen LogP contribution >= 0.6 is 12.3 Å². The molecule has 0 aromatic heterocycles. The third-order valence-electron chi connectivity index (χ3n) is 4.20. The van der Waals surface area contributed by atoms with E-state index in [4.69, 9.17) is 14.9 Å². The van der Waals surface area contributed by atoms with Crippen molar-refractivity contribution in [2.45, 2.75) is 0 Å². The van der Waals surface area contributed by atoms with E-state index in [-0.39, 0.29) is 42.7 Å². The summed E-state index contributed by atoms with van der Waals surface area (Å²) < 4.78 is 25.5. The summed E-state index contributed by atoms with van der Waals surface area (Å²) >= 11 is -0.0775. The Morgan fingerprint density at radius 2 is 2.07 bits per heavy atom. The molecule has 1 amide bonds. The topological polar surface area (TPSA) is 91.7 Å². The number of fused-ring (bicyclic) bond motifs is 1. The number of carbonyl (C=O) groups excluding carboxylic acids is 2. The van der Waals surface area contributed by atoms with Gasteiger partial charge in [-0.2, -0.15) is 0 Å². The molecule has 2 aromatic rings. The van der Waals surface area contributed by atoms with Gasteiger partial charge in [-0.3, -0.25) is 9.69 Å². The average Bonchev–Trinajstić information content (AvgIpc) is 2.75. The molecule has 7 nitrogen and oxygen atoms in total. The second-order valence-electron chi connectivity index (χ2n) is 6.07. The van der Waals surface area contributed by atoms with Crippen LogP contribution in [0.5, 0.6) is 5.75 Å². The van der Waals surface area contributed by atoms with Crippen LogP contribution in [0.3, 0.4) is 0 Å². The third kappa shape index (κ3) is 4.75. The van der Waals surface area contributed by atoms with E-state index in [9.17, 15) is 13.5 Å². The summed E-state index contributed by atoms with van der Waals surface area (Å²) in [7, 11) is 1.27. The fraction of sp³-hybridized carbons (Fsp3) is 0.150. The maximum Gasteiger partial charge on any atom is 0.337 e. The molecule has 0 spiro atoms. The summed E-state index contributed by atoms with van der Waals surface area (Å²) in [5, 5.41) is 8.31. The van der Waals surface area contributed by atoms with E-state index < -0.39 is 5.97 Å². The molecule has 0 fully saturated rings. The smallest absolute Gasteiger partial charge is 0.337 e. The molecule has 2 N–H and O–H groups in total. The number of nitrogens with zero attached hydrogens (tertiary/aromatic N) is 1. The number of rotatable bonds is 7. The van der Waals surface area contributed by atoms with Gasteiger partial charge in [0.2, 0.25) is 0 Å². The predicted molar refractivity (Wildman–Crippen MR) is 110 cm³/mol. The minimum atomic E-state index is -0.545. The second-order valence-corrected chi connectivity index (χ2v) is 6.43. The molecule has 0 saturated carbocycles. The van der Waals surface area contributed by atoms with Crippen molar-refractivity contribution in [1.82, 2.24) is 4.72 Å². The number of hydrogen-bond donors (Lipinski definition) is 2. The van der Waals surface area contributed by atoms with Crippen molar-refractivity contribution in [1.29, 1.82) is 5.41 Å². The molecule has 1 heterocycles. The highest BCUT2D eigenvalue weighted by molar-refractivity contribution is 7.92. The Morgan fingerprint density at radius 3 is 2.76 bits per heavy atom. The molecule has 1 aliphatic rings. The first-order valence-electron chi connectivity index (χ1n) is 8.57. The molecule has 9 heteroatoms. The van der Waals surface area contributed by atoms with Gasteiger partial charge in [-0.1, -0.05) is 30.3 Å². The summed E-state index contributed by atoms with van der Waals surface area (Å²) in [6.45, 7) is -0.250. The van der Waals surface area contributed by atoms with Crippen molar-refractivity contribution in [3.05, 3.63) is 65.7 Å². The van der Waals surface area contributed by atoms with Crippen LogP contribution in [0.25, 0.3) is 5.70 Å². The SMILES string of the molecule is COC(=O)c1ccc2c(c1)N(CC(=N)/C=C(\NSF)c1ccccc1)C(=O)CO2. The fourth-order valence-corrected chi connectivity index (χ4v) is 3.10. The molecule has 150 valence electrons. The number of halogens is 1. The molecular weight excluding hydrogens is 397 g/mol. The molecule has 2 aromatic carbocycles. The number of anilines is 1. The summed E-state index contributed by atoms with van der Waals surface area (Å²) in [5.41, 5.74) is 1.79. The largest absolute Gasteiger partial charge is 0.482 e. The number of methoxy groups -OCH3 is 1. The lowest BCUT2D eigenvalue weighted by Gasteiger charge is -2.29. The Bertz CT molecular complexity index is 965. The van der Waals surface area contributed by atoms with Crippen LogP contribution in [0.2, 0.25) is 0 Å². The van der Waals surface area contributed by atoms with Crippen LogP contribution in [0, 0.1) is 5.41 Å². The summed E-state index contributed by atoms with van der Waals surface area (Å²) in [6, 6.07) is 13.6. The Morgan fingerprint density at radius 1 is 1.31 bits per heavy atom. The van der Waals surface area contributed by atoms with E-state index in [0.29, 0.717) is 22.7 Å². The van der Waals surface area contributed by atoms with Crippen LogP contribution in [-0.4, -0.2) is 37.8 Å². The van der Waals surface area contributed by atoms with Gasteiger partial charge in [-0.25, -0.2) is 4.79 Å². The number of hydrogen-bond acceptors (Lipinski definition) is 7. The maximum absolute atomic E-state index is 12.8. The molecule has 29 heavy (non-hydrogen) atoms. The summed E-state index contributed by atoms with van der Waals surface area (Å²) in [4.78, 5) is 25.6. The molecule has 1 aliphatic heterocycles. The first-order chi connectivity index (χ1) is 14.0. The van der Waals surface area contributed by atoms with Crippen molar-refractivity contribution in [3.8, 4) is 5.75 Å². The molecule has 0 bridgehead atoms. The van der Waals surface area contributed by atoms with Crippen LogP contribution in [0.15, 0.2) is 54.6 Å². The van der Waals surface area contributed by atoms with Crippen molar-refractivity contribution in [2.75, 3.05) is 25.2 Å². The molecule has 0 unspecified atom stereocenters. The maximum atomic E-state index is 12.8. The summed E-state index contributed by atoms with van der Waals surface area (Å²) in [6.07, 6.45) is 1.45. The first-order valence-corrected chi connectivity index (χ1v) is 9.29. The highest BCUT2D eigenvalue weighted by atomic mass is 32.2. The number of benzene rings is 2. The van der Waals surface area contributed by atoms with Gasteiger partial charge in [0.1, 0.15) is 5.75 Å². The van der Waals surface area contributed by atoms with Gasteiger partial charge < -0.3 is 19.6 Å². The molecule has 3 rings (SSSR count). The standard InChI is InChI=1S/C20H18FN3O4S/c1-27-20(26)14-7-8-18-17(9-14)24(19(25)12-28-18)11-15(22)10-16(23-29-21)13-5-3-2-4-6-13/h2-10,22-23H,11-12H2,1H3/b16-10-,22-15?. The zero-order chi connectivity index (χ0) is 20.8. The number of amides is 1. The van der Waals surface area contributed by atoms with Gasteiger partial charge in [-0.15, -0.1) is 3.89 Å². The molecule has 0 saturated heterocycles. The average molecular weight is 415 g/mol. The Hall–Kier alpha value is -3.33. The van der Waals surface area contributed by atoms with E-state index in [0.717, 1.165) is 0 Å². The number of carbonyl (C=O) groups is 2. The van der Waals surface area contributed by atoms with Crippen molar-refractivity contribution < 1.29 is 22.9 Å². The lowest BCUT2D eigenvalue weighted by Crippen LogP contribution is -2.41. The van der Waals surface area contributed by atoms with Crippen LogP contribution in [0.4, 0.5) is 9.57 Å². The van der Waals surface area contributed by atoms with Crippen LogP contribution in [0.1, 0.15) is 15.9 Å². The minimum Gasteiger partial charge on any atom is -0.482 e. The first kappa shape index (κ1) is 20.4. The summed E-state index contributed by atoms with van der Waals surface area (Å²) in [5.74, 6) is -0.474. The van der Waals surface area contributed by atoms with Crippen molar-refractivity contribution in [3.63, 3.8) is 0 Å². The monoisotopic (exact) mass is 415 g/mol. The minimum absolute atomic E-state index is 0.0649. The molecule has 0 radical (unpaired) electrons. The Labute approximate surface area is 171 Å². The van der Waals surface area contributed by atoms with E-state index >= 15 is 0 Å².